The van der Waals surface area contributed by atoms with Crippen LogP contribution in [0.4, 0.5) is 0 Å². The van der Waals surface area contributed by atoms with Crippen LogP contribution in [0.3, 0.4) is 0 Å². The lowest BCUT2D eigenvalue weighted by molar-refractivity contribution is 0.00297. The minimum absolute atomic E-state index is 0.0896. The van der Waals surface area contributed by atoms with Crippen LogP contribution in [-0.4, -0.2) is 47.8 Å². The molecule has 2 nitrogen and oxygen atoms in total. The third-order valence-corrected chi connectivity index (χ3v) is 5.13. The third kappa shape index (κ3) is 5.10. The predicted molar refractivity (Wildman–Crippen MR) is 82.2 cm³/mol. The number of aliphatic hydroxyl groups excluding tert-OH is 1. The van der Waals surface area contributed by atoms with Crippen molar-refractivity contribution in [2.45, 2.75) is 58.6 Å². The van der Waals surface area contributed by atoms with E-state index in [1.807, 2.05) is 11.8 Å². The van der Waals surface area contributed by atoms with Gasteiger partial charge in [-0.15, -0.1) is 0 Å². The standard InChI is InChI=1S/C15H31NOS/c1-12(7-9-18-5)16(4)11-13-10-15(2,3)8-6-14(13)17/h12-14,17H,6-11H2,1-5H3. The van der Waals surface area contributed by atoms with Crippen molar-refractivity contribution < 1.29 is 5.11 Å². The van der Waals surface area contributed by atoms with Gasteiger partial charge in [-0.1, -0.05) is 13.8 Å². The summed E-state index contributed by atoms with van der Waals surface area (Å²) in [7, 11) is 2.21. The Hall–Kier alpha value is 0.270. The lowest BCUT2D eigenvalue weighted by Gasteiger charge is -2.41. The average molecular weight is 273 g/mol. The summed E-state index contributed by atoms with van der Waals surface area (Å²) in [6.07, 6.45) is 6.62. The molecular weight excluding hydrogens is 242 g/mol. The van der Waals surface area contributed by atoms with E-state index in [0.717, 1.165) is 25.8 Å². The number of rotatable bonds is 6. The van der Waals surface area contributed by atoms with Gasteiger partial charge in [0.15, 0.2) is 0 Å². The highest BCUT2D eigenvalue weighted by Gasteiger charge is 2.34. The molecule has 1 saturated carbocycles. The highest BCUT2D eigenvalue weighted by molar-refractivity contribution is 7.98. The summed E-state index contributed by atoms with van der Waals surface area (Å²) >= 11 is 1.92. The maximum absolute atomic E-state index is 10.2. The molecule has 3 heteroatoms. The van der Waals surface area contributed by atoms with Crippen molar-refractivity contribution in [2.24, 2.45) is 11.3 Å². The monoisotopic (exact) mass is 273 g/mol. The molecule has 0 spiro atoms. The number of nitrogens with zero attached hydrogens (tertiary/aromatic N) is 1. The highest BCUT2D eigenvalue weighted by Crippen LogP contribution is 2.39. The predicted octanol–water partition coefficient (Wildman–Crippen LogP) is 3.25. The minimum atomic E-state index is -0.0896. The summed E-state index contributed by atoms with van der Waals surface area (Å²) in [5.74, 6) is 1.68. The zero-order chi connectivity index (χ0) is 13.8. The maximum Gasteiger partial charge on any atom is 0.0581 e. The molecule has 1 N–H and O–H groups in total. The zero-order valence-corrected chi connectivity index (χ0v) is 13.6. The molecule has 0 aliphatic heterocycles. The van der Waals surface area contributed by atoms with Crippen LogP contribution < -0.4 is 0 Å². The first-order chi connectivity index (χ1) is 8.35. The van der Waals surface area contributed by atoms with Crippen molar-refractivity contribution >= 4 is 11.8 Å². The lowest BCUT2D eigenvalue weighted by atomic mass is 9.70. The van der Waals surface area contributed by atoms with E-state index in [-0.39, 0.29) is 6.10 Å². The van der Waals surface area contributed by atoms with Crippen LogP contribution in [-0.2, 0) is 0 Å². The van der Waals surface area contributed by atoms with E-state index >= 15 is 0 Å². The first-order valence-electron chi connectivity index (χ1n) is 7.23. The van der Waals surface area contributed by atoms with Gasteiger partial charge in [0, 0.05) is 12.6 Å². The van der Waals surface area contributed by atoms with Crippen LogP contribution in [0.2, 0.25) is 0 Å². The van der Waals surface area contributed by atoms with E-state index in [2.05, 4.69) is 39.0 Å². The molecule has 108 valence electrons. The summed E-state index contributed by atoms with van der Waals surface area (Å²) in [5.41, 5.74) is 0.410. The normalized spacial score (nSPS) is 29.5. The largest absolute Gasteiger partial charge is 0.393 e. The molecule has 0 heterocycles. The molecule has 0 aromatic carbocycles. The Bertz CT molecular complexity index is 245. The molecule has 1 aliphatic carbocycles. The SMILES string of the molecule is CSCCC(C)N(C)CC1CC(C)(C)CCC1O. The smallest absolute Gasteiger partial charge is 0.0581 e. The lowest BCUT2D eigenvalue weighted by Crippen LogP contribution is -2.42. The molecule has 0 radical (unpaired) electrons. The molecule has 0 aromatic heterocycles. The van der Waals surface area contributed by atoms with Gasteiger partial charge < -0.3 is 10.0 Å². The fourth-order valence-corrected chi connectivity index (χ4v) is 3.54. The van der Waals surface area contributed by atoms with Crippen molar-refractivity contribution in [3.05, 3.63) is 0 Å². The van der Waals surface area contributed by atoms with Crippen molar-refractivity contribution in [2.75, 3.05) is 25.6 Å². The molecule has 0 saturated heterocycles. The first kappa shape index (κ1) is 16.3. The van der Waals surface area contributed by atoms with Gasteiger partial charge in [0.2, 0.25) is 0 Å². The van der Waals surface area contributed by atoms with Crippen molar-refractivity contribution in [1.29, 1.82) is 0 Å². The van der Waals surface area contributed by atoms with Crippen molar-refractivity contribution in [1.82, 2.24) is 4.90 Å². The van der Waals surface area contributed by atoms with Gasteiger partial charge in [0.05, 0.1) is 6.10 Å². The molecule has 0 amide bonds. The molecule has 0 aromatic rings. The van der Waals surface area contributed by atoms with Gasteiger partial charge in [-0.3, -0.25) is 0 Å². The molecular formula is C15H31NOS. The van der Waals surface area contributed by atoms with Crippen molar-refractivity contribution in [3.8, 4) is 0 Å². The summed E-state index contributed by atoms with van der Waals surface area (Å²) < 4.78 is 0. The van der Waals surface area contributed by atoms with E-state index in [1.165, 1.54) is 12.2 Å². The topological polar surface area (TPSA) is 23.5 Å². The Kier molecular flexibility index (Phi) is 6.49. The maximum atomic E-state index is 10.2. The summed E-state index contributed by atoms with van der Waals surface area (Å²) in [6.45, 7) is 8.02. The fraction of sp³-hybridized carbons (Fsp3) is 1.00. The Labute approximate surface area is 118 Å². The average Bonchev–Trinajstić information content (AvgIpc) is 2.30. The fourth-order valence-electron chi connectivity index (χ4n) is 2.97. The van der Waals surface area contributed by atoms with E-state index in [1.54, 1.807) is 0 Å². The molecule has 0 bridgehead atoms. The number of hydrogen-bond acceptors (Lipinski definition) is 3. The number of aliphatic hydroxyl groups is 1. The van der Waals surface area contributed by atoms with Crippen LogP contribution in [0.15, 0.2) is 0 Å². The summed E-state index contributed by atoms with van der Waals surface area (Å²) in [6, 6.07) is 0.620. The molecule has 1 rings (SSSR count). The van der Waals surface area contributed by atoms with Gasteiger partial charge in [-0.05, 0) is 63.0 Å². The van der Waals surface area contributed by atoms with Crippen LogP contribution >= 0.6 is 11.8 Å². The summed E-state index contributed by atoms with van der Waals surface area (Å²) in [5, 5.41) is 10.2. The Morgan fingerprint density at radius 2 is 2.11 bits per heavy atom. The third-order valence-electron chi connectivity index (χ3n) is 4.49. The second kappa shape index (κ2) is 7.16. The Morgan fingerprint density at radius 1 is 1.44 bits per heavy atom. The van der Waals surface area contributed by atoms with Gasteiger partial charge in [-0.2, -0.15) is 11.8 Å². The van der Waals surface area contributed by atoms with Crippen LogP contribution in [0.25, 0.3) is 0 Å². The van der Waals surface area contributed by atoms with E-state index in [0.29, 0.717) is 17.4 Å². The highest BCUT2D eigenvalue weighted by atomic mass is 32.2. The van der Waals surface area contributed by atoms with Gasteiger partial charge in [0.1, 0.15) is 0 Å². The quantitative estimate of drug-likeness (QED) is 0.803. The van der Waals surface area contributed by atoms with Crippen LogP contribution in [0.5, 0.6) is 0 Å². The van der Waals surface area contributed by atoms with Gasteiger partial charge >= 0.3 is 0 Å². The number of thioether (sulfide) groups is 1. The van der Waals surface area contributed by atoms with Gasteiger partial charge in [0.25, 0.3) is 0 Å². The molecule has 1 fully saturated rings. The Morgan fingerprint density at radius 3 is 2.72 bits per heavy atom. The van der Waals surface area contributed by atoms with Crippen LogP contribution in [0.1, 0.15) is 46.5 Å². The molecule has 3 unspecified atom stereocenters. The van der Waals surface area contributed by atoms with E-state index in [4.69, 9.17) is 0 Å². The van der Waals surface area contributed by atoms with Crippen molar-refractivity contribution in [3.63, 3.8) is 0 Å². The number of hydrogen-bond donors (Lipinski definition) is 1. The van der Waals surface area contributed by atoms with Crippen LogP contribution in [0, 0.1) is 11.3 Å². The molecule has 3 atom stereocenters. The second-order valence-corrected chi connectivity index (χ2v) is 7.79. The zero-order valence-electron chi connectivity index (χ0n) is 12.8. The van der Waals surface area contributed by atoms with E-state index in [9.17, 15) is 5.11 Å². The second-order valence-electron chi connectivity index (χ2n) is 6.80. The minimum Gasteiger partial charge on any atom is -0.393 e. The molecule has 18 heavy (non-hydrogen) atoms. The summed E-state index contributed by atoms with van der Waals surface area (Å²) in [4.78, 5) is 2.44. The molecule has 1 aliphatic rings. The van der Waals surface area contributed by atoms with Gasteiger partial charge in [-0.25, -0.2) is 0 Å². The Balaban J connectivity index is 2.44. The van der Waals surface area contributed by atoms with E-state index < -0.39 is 0 Å². The first-order valence-corrected chi connectivity index (χ1v) is 8.62.